The van der Waals surface area contributed by atoms with Gasteiger partial charge in [0.2, 0.25) is 0 Å². The molecule has 2 N–H and O–H groups in total. The Hall–Kier alpha value is -1.51. The van der Waals surface area contributed by atoms with Crippen molar-refractivity contribution in [1.82, 2.24) is 9.88 Å². The molecule has 0 saturated heterocycles. The van der Waals surface area contributed by atoms with Crippen LogP contribution in [-0.4, -0.2) is 47.4 Å². The van der Waals surface area contributed by atoms with Crippen molar-refractivity contribution >= 4 is 17.7 Å². The molecule has 1 aromatic heterocycles. The van der Waals surface area contributed by atoms with Gasteiger partial charge in [0.15, 0.2) is 0 Å². The second kappa shape index (κ2) is 8.62. The Balaban J connectivity index is 3.02. The molecule has 1 atom stereocenters. The number of pyridine rings is 1. The summed E-state index contributed by atoms with van der Waals surface area (Å²) in [7, 11) is 1.82. The predicted octanol–water partition coefficient (Wildman–Crippen LogP) is 1.61. The zero-order valence-corrected chi connectivity index (χ0v) is 13.0. The number of rotatable bonds is 5. The fourth-order valence-corrected chi connectivity index (χ4v) is 2.70. The maximum Gasteiger partial charge on any atom is 0.273 e. The van der Waals surface area contributed by atoms with Gasteiger partial charge in [0, 0.05) is 25.0 Å². The van der Waals surface area contributed by atoms with Crippen LogP contribution in [0.3, 0.4) is 0 Å². The van der Waals surface area contributed by atoms with E-state index < -0.39 is 0 Å². The Labute approximate surface area is 125 Å². The molecule has 0 fully saturated rings. The lowest BCUT2D eigenvalue weighted by Gasteiger charge is -2.26. The van der Waals surface area contributed by atoms with E-state index in [-0.39, 0.29) is 18.5 Å². The number of hydrogen-bond acceptors (Lipinski definition) is 4. The molecule has 0 aromatic carbocycles. The highest BCUT2D eigenvalue weighted by Crippen LogP contribution is 2.13. The lowest BCUT2D eigenvalue weighted by atomic mass is 10.1. The molecule has 4 nitrogen and oxygen atoms in total. The van der Waals surface area contributed by atoms with E-state index in [1.54, 1.807) is 35.0 Å². The SMILES string of the molecule is CCC(CSC)N(C)C(=O)c1ncccc1C#CCN. The van der Waals surface area contributed by atoms with Crippen molar-refractivity contribution in [2.24, 2.45) is 5.73 Å². The van der Waals surface area contributed by atoms with Gasteiger partial charge in [-0.05, 0) is 24.8 Å². The number of aromatic nitrogens is 1. The van der Waals surface area contributed by atoms with E-state index >= 15 is 0 Å². The standard InChI is InChI=1S/C15H21N3OS/c1-4-13(11-20-3)18(2)15(19)14-12(7-5-9-16)8-6-10-17-14/h6,8,10,13H,4,9,11,16H2,1-3H3. The molecule has 5 heteroatoms. The second-order valence-electron chi connectivity index (χ2n) is 4.34. The zero-order chi connectivity index (χ0) is 15.0. The fraction of sp³-hybridized carbons (Fsp3) is 0.467. The number of carbonyl (C=O) groups is 1. The highest BCUT2D eigenvalue weighted by molar-refractivity contribution is 7.98. The van der Waals surface area contributed by atoms with Crippen LogP contribution in [0.1, 0.15) is 29.4 Å². The predicted molar refractivity (Wildman–Crippen MR) is 84.7 cm³/mol. The first-order chi connectivity index (χ1) is 9.65. The van der Waals surface area contributed by atoms with Gasteiger partial charge in [-0.15, -0.1) is 0 Å². The van der Waals surface area contributed by atoms with Crippen molar-refractivity contribution in [1.29, 1.82) is 0 Å². The van der Waals surface area contributed by atoms with Gasteiger partial charge >= 0.3 is 0 Å². The highest BCUT2D eigenvalue weighted by atomic mass is 32.2. The van der Waals surface area contributed by atoms with Crippen LogP contribution in [0.2, 0.25) is 0 Å². The van der Waals surface area contributed by atoms with Gasteiger partial charge in [-0.1, -0.05) is 18.8 Å². The third-order valence-corrected chi connectivity index (χ3v) is 3.75. The minimum atomic E-state index is -0.0900. The van der Waals surface area contributed by atoms with Gasteiger partial charge in [0.25, 0.3) is 5.91 Å². The summed E-state index contributed by atoms with van der Waals surface area (Å²) in [4.78, 5) is 18.5. The maximum absolute atomic E-state index is 12.6. The first-order valence-electron chi connectivity index (χ1n) is 6.55. The molecule has 0 aliphatic rings. The van der Waals surface area contributed by atoms with Crippen molar-refractivity contribution in [3.05, 3.63) is 29.6 Å². The second-order valence-corrected chi connectivity index (χ2v) is 5.25. The van der Waals surface area contributed by atoms with Gasteiger partial charge in [-0.25, -0.2) is 4.98 Å². The maximum atomic E-state index is 12.6. The van der Waals surface area contributed by atoms with E-state index in [0.29, 0.717) is 11.3 Å². The summed E-state index contributed by atoms with van der Waals surface area (Å²) >= 11 is 1.73. The minimum Gasteiger partial charge on any atom is -0.337 e. The number of nitrogens with two attached hydrogens (primary N) is 1. The molecule has 0 radical (unpaired) electrons. The van der Waals surface area contributed by atoms with Crippen molar-refractivity contribution in [3.63, 3.8) is 0 Å². The molecule has 1 unspecified atom stereocenters. The van der Waals surface area contributed by atoms with E-state index in [4.69, 9.17) is 5.73 Å². The van der Waals surface area contributed by atoms with Gasteiger partial charge < -0.3 is 10.6 Å². The number of carbonyl (C=O) groups excluding carboxylic acids is 1. The van der Waals surface area contributed by atoms with Gasteiger partial charge in [0.1, 0.15) is 5.69 Å². The zero-order valence-electron chi connectivity index (χ0n) is 12.2. The number of hydrogen-bond donors (Lipinski definition) is 1. The Bertz CT molecular complexity index is 507. The number of amides is 1. The fourth-order valence-electron chi connectivity index (χ4n) is 1.85. The quantitative estimate of drug-likeness (QED) is 0.837. The topological polar surface area (TPSA) is 59.2 Å². The molecule has 0 bridgehead atoms. The van der Waals surface area contributed by atoms with Crippen LogP contribution in [0.5, 0.6) is 0 Å². The summed E-state index contributed by atoms with van der Waals surface area (Å²) in [6.45, 7) is 2.35. The summed E-state index contributed by atoms with van der Waals surface area (Å²) in [5.41, 5.74) is 6.41. The number of thioether (sulfide) groups is 1. The van der Waals surface area contributed by atoms with Gasteiger partial charge in [0.05, 0.1) is 12.1 Å². The molecule has 1 rings (SSSR count). The third kappa shape index (κ3) is 4.26. The average molecular weight is 291 g/mol. The molecule has 0 spiro atoms. The normalized spacial score (nSPS) is 11.4. The molecule has 1 aromatic rings. The summed E-state index contributed by atoms with van der Waals surface area (Å²) in [6, 6.07) is 3.78. The van der Waals surface area contributed by atoms with E-state index in [1.807, 2.05) is 13.3 Å². The van der Waals surface area contributed by atoms with E-state index in [1.165, 1.54) is 0 Å². The molecular formula is C15H21N3OS. The lowest BCUT2D eigenvalue weighted by Crippen LogP contribution is -2.39. The molecule has 0 aliphatic carbocycles. The average Bonchev–Trinajstić information content (AvgIpc) is 2.49. The van der Waals surface area contributed by atoms with Crippen LogP contribution in [-0.2, 0) is 0 Å². The number of nitrogens with zero attached hydrogens (tertiary/aromatic N) is 2. The van der Waals surface area contributed by atoms with Crippen molar-refractivity contribution in [3.8, 4) is 11.8 Å². The Kier molecular flexibility index (Phi) is 7.13. The Morgan fingerprint density at radius 1 is 1.60 bits per heavy atom. The molecule has 108 valence electrons. The lowest BCUT2D eigenvalue weighted by molar-refractivity contribution is 0.0737. The summed E-state index contributed by atoms with van der Waals surface area (Å²) in [5.74, 6) is 6.50. The summed E-state index contributed by atoms with van der Waals surface area (Å²) < 4.78 is 0. The summed E-state index contributed by atoms with van der Waals surface area (Å²) in [6.07, 6.45) is 4.57. The molecule has 1 amide bonds. The molecule has 0 aliphatic heterocycles. The highest BCUT2D eigenvalue weighted by Gasteiger charge is 2.22. The first kappa shape index (κ1) is 16.5. The van der Waals surface area contributed by atoms with Crippen LogP contribution < -0.4 is 5.73 Å². The molecule has 20 heavy (non-hydrogen) atoms. The van der Waals surface area contributed by atoms with Gasteiger partial charge in [-0.2, -0.15) is 11.8 Å². The molecule has 0 saturated carbocycles. The Morgan fingerprint density at radius 2 is 2.35 bits per heavy atom. The van der Waals surface area contributed by atoms with E-state index in [0.717, 1.165) is 12.2 Å². The van der Waals surface area contributed by atoms with Crippen molar-refractivity contribution in [2.45, 2.75) is 19.4 Å². The van der Waals surface area contributed by atoms with E-state index in [9.17, 15) is 4.79 Å². The smallest absolute Gasteiger partial charge is 0.273 e. The monoisotopic (exact) mass is 291 g/mol. The van der Waals surface area contributed by atoms with Gasteiger partial charge in [-0.3, -0.25) is 4.79 Å². The summed E-state index contributed by atoms with van der Waals surface area (Å²) in [5, 5.41) is 0. The van der Waals surface area contributed by atoms with Crippen molar-refractivity contribution < 1.29 is 4.79 Å². The van der Waals surface area contributed by atoms with Crippen LogP contribution in [0.25, 0.3) is 0 Å². The van der Waals surface area contributed by atoms with Crippen LogP contribution in [0.15, 0.2) is 18.3 Å². The first-order valence-corrected chi connectivity index (χ1v) is 7.95. The van der Waals surface area contributed by atoms with Crippen LogP contribution in [0.4, 0.5) is 0 Å². The minimum absolute atomic E-state index is 0.0900. The largest absolute Gasteiger partial charge is 0.337 e. The Morgan fingerprint density at radius 3 is 2.95 bits per heavy atom. The van der Waals surface area contributed by atoms with E-state index in [2.05, 4.69) is 23.7 Å². The molecular weight excluding hydrogens is 270 g/mol. The van der Waals surface area contributed by atoms with Crippen LogP contribution in [0, 0.1) is 11.8 Å². The van der Waals surface area contributed by atoms with Crippen molar-refractivity contribution in [2.75, 3.05) is 25.6 Å². The molecule has 1 heterocycles. The van der Waals surface area contributed by atoms with Crippen LogP contribution >= 0.6 is 11.8 Å². The third-order valence-electron chi connectivity index (χ3n) is 3.03.